The molecule has 0 N–H and O–H groups in total. The van der Waals surface area contributed by atoms with Crippen LogP contribution >= 0.6 is 0 Å². The zero-order valence-electron chi connectivity index (χ0n) is 11.9. The van der Waals surface area contributed by atoms with Crippen LogP contribution < -0.4 is 0 Å². The van der Waals surface area contributed by atoms with Crippen molar-refractivity contribution < 1.29 is 14.3 Å². The second-order valence-corrected chi connectivity index (χ2v) is 5.35. The third-order valence-electron chi connectivity index (χ3n) is 4.06. The second kappa shape index (κ2) is 5.93. The highest BCUT2D eigenvalue weighted by Crippen LogP contribution is 2.19. The number of fused-ring (bicyclic) bond motifs is 1. The van der Waals surface area contributed by atoms with Gasteiger partial charge in [0.15, 0.2) is 6.29 Å². The van der Waals surface area contributed by atoms with E-state index < -0.39 is 0 Å². The van der Waals surface area contributed by atoms with E-state index in [1.807, 2.05) is 15.8 Å². The molecular weight excluding hydrogens is 258 g/mol. The van der Waals surface area contributed by atoms with Crippen molar-refractivity contribution in [1.29, 1.82) is 0 Å². The van der Waals surface area contributed by atoms with Crippen molar-refractivity contribution in [2.75, 3.05) is 26.8 Å². The normalized spacial score (nSPS) is 22.6. The molecule has 1 saturated heterocycles. The van der Waals surface area contributed by atoms with Gasteiger partial charge in [-0.05, 0) is 19.3 Å². The van der Waals surface area contributed by atoms with Crippen molar-refractivity contribution >= 4 is 5.91 Å². The van der Waals surface area contributed by atoms with Crippen molar-refractivity contribution in [3.8, 4) is 0 Å². The molecule has 1 amide bonds. The van der Waals surface area contributed by atoms with Gasteiger partial charge >= 0.3 is 0 Å². The smallest absolute Gasteiger partial charge is 0.227 e. The highest BCUT2D eigenvalue weighted by atomic mass is 16.7. The number of methoxy groups -OCH3 is 1. The number of rotatable bonds is 3. The van der Waals surface area contributed by atoms with Crippen molar-refractivity contribution in [2.45, 2.75) is 38.5 Å². The van der Waals surface area contributed by atoms with E-state index in [-0.39, 0.29) is 12.2 Å². The molecule has 2 aliphatic heterocycles. The Balaban J connectivity index is 1.65. The maximum Gasteiger partial charge on any atom is 0.227 e. The van der Waals surface area contributed by atoms with Crippen LogP contribution in [0.4, 0.5) is 0 Å². The summed E-state index contributed by atoms with van der Waals surface area (Å²) in [5.41, 5.74) is 2.32. The van der Waals surface area contributed by atoms with E-state index >= 15 is 0 Å². The lowest BCUT2D eigenvalue weighted by molar-refractivity contribution is -0.174. The topological polar surface area (TPSA) is 56.6 Å². The fourth-order valence-electron chi connectivity index (χ4n) is 2.90. The number of nitrogens with zero attached hydrogens (tertiary/aromatic N) is 3. The lowest BCUT2D eigenvalue weighted by Crippen LogP contribution is -2.46. The first-order chi connectivity index (χ1) is 9.78. The number of hydrogen-bond donors (Lipinski definition) is 0. The zero-order valence-corrected chi connectivity index (χ0v) is 11.9. The molecule has 6 nitrogen and oxygen atoms in total. The van der Waals surface area contributed by atoms with Crippen LogP contribution in [0.3, 0.4) is 0 Å². The van der Waals surface area contributed by atoms with Crippen LogP contribution in [0, 0.1) is 0 Å². The predicted octanol–water partition coefficient (Wildman–Crippen LogP) is 0.593. The molecule has 0 bridgehead atoms. The minimum atomic E-state index is -0.297. The summed E-state index contributed by atoms with van der Waals surface area (Å²) in [4.78, 5) is 14.2. The van der Waals surface area contributed by atoms with E-state index in [0.717, 1.165) is 18.5 Å². The van der Waals surface area contributed by atoms with Crippen molar-refractivity contribution in [2.24, 2.45) is 0 Å². The van der Waals surface area contributed by atoms with Crippen molar-refractivity contribution in [3.05, 3.63) is 17.5 Å². The average molecular weight is 279 g/mol. The Morgan fingerprint density at radius 3 is 3.25 bits per heavy atom. The van der Waals surface area contributed by atoms with Crippen molar-refractivity contribution in [3.63, 3.8) is 0 Å². The molecule has 1 unspecified atom stereocenters. The Morgan fingerprint density at radius 1 is 1.50 bits per heavy atom. The lowest BCUT2D eigenvalue weighted by atomic mass is 10.0. The molecule has 0 saturated carbocycles. The van der Waals surface area contributed by atoms with Gasteiger partial charge < -0.3 is 14.4 Å². The number of morpholine rings is 1. The molecule has 20 heavy (non-hydrogen) atoms. The number of aryl methyl sites for hydroxylation is 1. The van der Waals surface area contributed by atoms with E-state index in [2.05, 4.69) is 5.10 Å². The third-order valence-corrected chi connectivity index (χ3v) is 4.06. The Kier molecular flexibility index (Phi) is 4.03. The molecule has 0 aromatic carbocycles. The fraction of sp³-hybridized carbons (Fsp3) is 0.714. The summed E-state index contributed by atoms with van der Waals surface area (Å²) in [5.74, 6) is 0.136. The van der Waals surface area contributed by atoms with Crippen LogP contribution in [0.25, 0.3) is 0 Å². The molecule has 3 rings (SSSR count). The van der Waals surface area contributed by atoms with E-state index in [1.165, 1.54) is 18.5 Å². The third kappa shape index (κ3) is 2.71. The van der Waals surface area contributed by atoms with Crippen LogP contribution in [-0.4, -0.2) is 53.7 Å². The second-order valence-electron chi connectivity index (χ2n) is 5.35. The van der Waals surface area contributed by atoms with Gasteiger partial charge in [-0.3, -0.25) is 9.48 Å². The summed E-state index contributed by atoms with van der Waals surface area (Å²) in [5, 5.41) is 4.38. The number of hydrogen-bond acceptors (Lipinski definition) is 4. The van der Waals surface area contributed by atoms with Gasteiger partial charge in [0.05, 0.1) is 25.8 Å². The molecule has 0 aliphatic carbocycles. The molecule has 1 aromatic rings. The van der Waals surface area contributed by atoms with Crippen LogP contribution in [0.2, 0.25) is 0 Å². The van der Waals surface area contributed by atoms with Crippen LogP contribution in [0.5, 0.6) is 0 Å². The van der Waals surface area contributed by atoms with Gasteiger partial charge in [-0.25, -0.2) is 0 Å². The molecule has 2 aliphatic rings. The van der Waals surface area contributed by atoms with Gasteiger partial charge in [0.1, 0.15) is 0 Å². The maximum absolute atomic E-state index is 12.4. The van der Waals surface area contributed by atoms with Crippen LogP contribution in [0.1, 0.15) is 24.1 Å². The van der Waals surface area contributed by atoms with E-state index in [1.54, 1.807) is 7.11 Å². The van der Waals surface area contributed by atoms with Crippen LogP contribution in [-0.2, 0) is 33.7 Å². The van der Waals surface area contributed by atoms with E-state index in [9.17, 15) is 4.79 Å². The Hall–Kier alpha value is -1.40. The van der Waals surface area contributed by atoms with Gasteiger partial charge in [-0.2, -0.15) is 5.10 Å². The molecular formula is C14H21N3O3. The first kappa shape index (κ1) is 13.6. The summed E-state index contributed by atoms with van der Waals surface area (Å²) >= 11 is 0. The number of carbonyl (C=O) groups excluding carboxylic acids is 1. The van der Waals surface area contributed by atoms with Gasteiger partial charge in [0, 0.05) is 31.5 Å². The predicted molar refractivity (Wildman–Crippen MR) is 72.2 cm³/mol. The summed E-state index contributed by atoms with van der Waals surface area (Å²) in [6, 6.07) is 0. The van der Waals surface area contributed by atoms with Gasteiger partial charge in [0.2, 0.25) is 5.91 Å². The minimum Gasteiger partial charge on any atom is -0.354 e. The first-order valence-electron chi connectivity index (χ1n) is 7.23. The van der Waals surface area contributed by atoms with Gasteiger partial charge in [0.25, 0.3) is 0 Å². The highest BCUT2D eigenvalue weighted by Gasteiger charge is 2.25. The van der Waals surface area contributed by atoms with Gasteiger partial charge in [-0.1, -0.05) is 0 Å². The largest absolute Gasteiger partial charge is 0.354 e. The first-order valence-corrected chi connectivity index (χ1v) is 7.23. The quantitative estimate of drug-likeness (QED) is 0.813. The summed E-state index contributed by atoms with van der Waals surface area (Å²) in [7, 11) is 1.60. The molecule has 0 radical (unpaired) electrons. The molecule has 0 spiro atoms. The molecule has 1 aromatic heterocycles. The van der Waals surface area contributed by atoms with E-state index in [4.69, 9.17) is 9.47 Å². The minimum absolute atomic E-state index is 0.136. The summed E-state index contributed by atoms with van der Waals surface area (Å²) < 4.78 is 12.6. The number of carbonyl (C=O) groups is 1. The SMILES string of the molecule is COC1CN(C(=O)Cc2cnn3c2CCCC3)CCO1. The Bertz CT molecular complexity index is 486. The summed E-state index contributed by atoms with van der Waals surface area (Å²) in [6.07, 6.45) is 5.40. The van der Waals surface area contributed by atoms with Crippen molar-refractivity contribution in [1.82, 2.24) is 14.7 Å². The number of amides is 1. The zero-order chi connectivity index (χ0) is 13.9. The molecule has 6 heteroatoms. The van der Waals surface area contributed by atoms with Crippen LogP contribution in [0.15, 0.2) is 6.20 Å². The molecule has 110 valence electrons. The molecule has 3 heterocycles. The molecule has 1 atom stereocenters. The summed E-state index contributed by atoms with van der Waals surface area (Å²) in [6.45, 7) is 2.67. The maximum atomic E-state index is 12.4. The highest BCUT2D eigenvalue weighted by molar-refractivity contribution is 5.79. The van der Waals surface area contributed by atoms with Gasteiger partial charge in [-0.15, -0.1) is 0 Å². The number of ether oxygens (including phenoxy) is 2. The Morgan fingerprint density at radius 2 is 2.40 bits per heavy atom. The monoisotopic (exact) mass is 279 g/mol. The Labute approximate surface area is 118 Å². The lowest BCUT2D eigenvalue weighted by Gasteiger charge is -2.32. The fourth-order valence-corrected chi connectivity index (χ4v) is 2.90. The average Bonchev–Trinajstić information content (AvgIpc) is 2.90. The van der Waals surface area contributed by atoms with E-state index in [0.29, 0.717) is 26.1 Å². The molecule has 1 fully saturated rings. The standard InChI is InChI=1S/C14H21N3O3/c1-19-14-10-16(6-7-20-14)13(18)8-11-9-15-17-5-3-2-4-12(11)17/h9,14H,2-8,10H2,1H3. The number of aromatic nitrogens is 2.